The first-order valence-electron chi connectivity index (χ1n) is 9.36. The highest BCUT2D eigenvalue weighted by Gasteiger charge is 2.42. The van der Waals surface area contributed by atoms with Crippen LogP contribution in [0.25, 0.3) is 11.4 Å². The molecule has 1 N–H and O–H groups in total. The summed E-state index contributed by atoms with van der Waals surface area (Å²) in [4.78, 5) is 10.1. The van der Waals surface area contributed by atoms with Gasteiger partial charge in [0.2, 0.25) is 0 Å². The molecule has 0 atom stereocenters. The van der Waals surface area contributed by atoms with E-state index in [0.29, 0.717) is 17.3 Å². The number of sulfone groups is 1. The number of rotatable bonds is 4. The predicted molar refractivity (Wildman–Crippen MR) is 101 cm³/mol. The van der Waals surface area contributed by atoms with Gasteiger partial charge in [-0.2, -0.15) is 26.3 Å². The number of aromatic amines is 1. The molecule has 2 aromatic heterocycles. The second-order valence-corrected chi connectivity index (χ2v) is 9.69. The Kier molecular flexibility index (Phi) is 5.30. The van der Waals surface area contributed by atoms with Crippen LogP contribution in [-0.2, 0) is 22.2 Å². The standard InChI is InChI=1S/C20H15F6N3O2S/c21-19(22,23)13-2-1-3-14(8-13)32(30,31)15-6-12(7-15)16-10-28-18(29-16)11-4-5-17(27-9-11)20(24,25)26/h1-5,8-10,12,15H,6-7H2,(H,28,29). The SMILES string of the molecule is O=S(=O)(c1cccc(C(F)(F)F)c1)C1CC(c2c[nH]c(-c3ccc(C(F)(F)F)nc3)n2)C1. The van der Waals surface area contributed by atoms with E-state index in [2.05, 4.69) is 15.0 Å². The smallest absolute Gasteiger partial charge is 0.344 e. The summed E-state index contributed by atoms with van der Waals surface area (Å²) in [6.45, 7) is 0. The van der Waals surface area contributed by atoms with Crippen molar-refractivity contribution in [2.75, 3.05) is 0 Å². The summed E-state index contributed by atoms with van der Waals surface area (Å²) in [5, 5.41) is -0.844. The number of H-pyrrole nitrogens is 1. The number of imidazole rings is 1. The van der Waals surface area contributed by atoms with Crippen molar-refractivity contribution in [3.8, 4) is 11.4 Å². The Morgan fingerprint density at radius 2 is 1.69 bits per heavy atom. The predicted octanol–water partition coefficient (Wildman–Crippen LogP) is 5.23. The van der Waals surface area contributed by atoms with Gasteiger partial charge in [-0.15, -0.1) is 0 Å². The maximum atomic E-state index is 12.9. The second-order valence-electron chi connectivity index (χ2n) is 7.46. The number of nitrogens with zero attached hydrogens (tertiary/aromatic N) is 2. The van der Waals surface area contributed by atoms with Gasteiger partial charge in [-0.1, -0.05) is 6.07 Å². The quantitative estimate of drug-likeness (QED) is 0.525. The zero-order chi connectivity index (χ0) is 23.3. The van der Waals surface area contributed by atoms with Crippen molar-refractivity contribution in [1.29, 1.82) is 0 Å². The third kappa shape index (κ3) is 4.23. The molecule has 1 aliphatic rings. The van der Waals surface area contributed by atoms with Crippen molar-refractivity contribution < 1.29 is 34.8 Å². The number of pyridine rings is 1. The fourth-order valence-corrected chi connectivity index (χ4v) is 5.41. The molecule has 1 aromatic carbocycles. The van der Waals surface area contributed by atoms with Gasteiger partial charge in [0.25, 0.3) is 0 Å². The van der Waals surface area contributed by atoms with Gasteiger partial charge in [0.15, 0.2) is 9.84 Å². The lowest BCUT2D eigenvalue weighted by Crippen LogP contribution is -2.35. The van der Waals surface area contributed by atoms with Gasteiger partial charge in [-0.3, -0.25) is 4.98 Å². The average Bonchev–Trinajstić information content (AvgIpc) is 3.15. The van der Waals surface area contributed by atoms with Gasteiger partial charge in [-0.05, 0) is 43.2 Å². The van der Waals surface area contributed by atoms with Gasteiger partial charge in [0.1, 0.15) is 11.5 Å². The summed E-state index contributed by atoms with van der Waals surface area (Å²) in [5.74, 6) is 0.0402. The molecule has 170 valence electrons. The average molecular weight is 475 g/mol. The molecule has 1 aliphatic carbocycles. The number of halogens is 6. The van der Waals surface area contributed by atoms with Crippen molar-refractivity contribution in [3.05, 3.63) is 65.7 Å². The molecule has 12 heteroatoms. The van der Waals surface area contributed by atoms with Gasteiger partial charge < -0.3 is 4.98 Å². The van der Waals surface area contributed by atoms with Crippen LogP contribution in [0.4, 0.5) is 26.3 Å². The molecule has 0 bridgehead atoms. The number of benzene rings is 1. The number of hydrogen-bond donors (Lipinski definition) is 1. The van der Waals surface area contributed by atoms with Crippen LogP contribution < -0.4 is 0 Å². The van der Waals surface area contributed by atoms with Crippen molar-refractivity contribution in [2.45, 2.75) is 41.3 Å². The van der Waals surface area contributed by atoms with Crippen LogP contribution in [0.15, 0.2) is 53.7 Å². The third-order valence-electron chi connectivity index (χ3n) is 5.37. The highest BCUT2D eigenvalue weighted by atomic mass is 32.2. The first kappa shape index (κ1) is 22.3. The van der Waals surface area contributed by atoms with Gasteiger partial charge in [0.05, 0.1) is 21.4 Å². The van der Waals surface area contributed by atoms with Crippen LogP contribution in [0.3, 0.4) is 0 Å². The molecule has 0 unspecified atom stereocenters. The van der Waals surface area contributed by atoms with Crippen molar-refractivity contribution >= 4 is 9.84 Å². The maximum Gasteiger partial charge on any atom is 0.433 e. The van der Waals surface area contributed by atoms with Crippen LogP contribution in [0.1, 0.15) is 35.7 Å². The van der Waals surface area contributed by atoms with E-state index in [1.54, 1.807) is 0 Å². The molecule has 0 radical (unpaired) electrons. The molecular formula is C20H15F6N3O2S. The molecule has 4 rings (SSSR count). The highest BCUT2D eigenvalue weighted by molar-refractivity contribution is 7.92. The van der Waals surface area contributed by atoms with Crippen LogP contribution in [-0.4, -0.2) is 28.6 Å². The molecule has 0 aliphatic heterocycles. The Morgan fingerprint density at radius 1 is 0.969 bits per heavy atom. The van der Waals surface area contributed by atoms with Crippen LogP contribution in [0, 0.1) is 0 Å². The van der Waals surface area contributed by atoms with E-state index in [-0.39, 0.29) is 29.5 Å². The van der Waals surface area contributed by atoms with Crippen LogP contribution in [0.2, 0.25) is 0 Å². The number of aromatic nitrogens is 3. The Balaban J connectivity index is 1.46. The van der Waals surface area contributed by atoms with Gasteiger partial charge in [-0.25, -0.2) is 13.4 Å². The summed E-state index contributed by atoms with van der Waals surface area (Å²) in [6.07, 6.45) is -6.29. The third-order valence-corrected chi connectivity index (χ3v) is 7.54. The summed E-state index contributed by atoms with van der Waals surface area (Å²) in [6, 6.07) is 5.70. The largest absolute Gasteiger partial charge is 0.433 e. The van der Waals surface area contributed by atoms with E-state index in [0.717, 1.165) is 30.5 Å². The Labute approximate surface area is 178 Å². The van der Waals surface area contributed by atoms with Crippen molar-refractivity contribution in [1.82, 2.24) is 15.0 Å². The molecule has 0 saturated heterocycles. The number of alkyl halides is 6. The monoisotopic (exact) mass is 475 g/mol. The van der Waals surface area contributed by atoms with E-state index < -0.39 is 38.7 Å². The molecule has 3 aromatic rings. The van der Waals surface area contributed by atoms with E-state index >= 15 is 0 Å². The van der Waals surface area contributed by atoms with Crippen LogP contribution >= 0.6 is 0 Å². The fourth-order valence-electron chi connectivity index (χ4n) is 3.50. The number of nitrogens with one attached hydrogen (secondary N) is 1. The summed E-state index contributed by atoms with van der Waals surface area (Å²) < 4.78 is 102. The van der Waals surface area contributed by atoms with E-state index in [1.165, 1.54) is 12.3 Å². The van der Waals surface area contributed by atoms with Crippen molar-refractivity contribution in [3.63, 3.8) is 0 Å². The topological polar surface area (TPSA) is 75.7 Å². The highest BCUT2D eigenvalue weighted by Crippen LogP contribution is 2.43. The zero-order valence-corrected chi connectivity index (χ0v) is 16.9. The minimum Gasteiger partial charge on any atom is -0.344 e. The Hall–Kier alpha value is -2.89. The van der Waals surface area contributed by atoms with E-state index in [1.807, 2.05) is 0 Å². The summed E-state index contributed by atoms with van der Waals surface area (Å²) in [5.41, 5.74) is -1.21. The zero-order valence-electron chi connectivity index (χ0n) is 16.1. The second kappa shape index (κ2) is 7.61. The molecule has 1 saturated carbocycles. The molecule has 0 amide bonds. The molecule has 1 fully saturated rings. The number of hydrogen-bond acceptors (Lipinski definition) is 4. The maximum absolute atomic E-state index is 12.9. The molecule has 32 heavy (non-hydrogen) atoms. The van der Waals surface area contributed by atoms with Gasteiger partial charge in [0, 0.05) is 23.9 Å². The first-order chi connectivity index (χ1) is 14.9. The van der Waals surface area contributed by atoms with Crippen LogP contribution in [0.5, 0.6) is 0 Å². The Morgan fingerprint density at radius 3 is 2.28 bits per heavy atom. The van der Waals surface area contributed by atoms with Crippen molar-refractivity contribution in [2.24, 2.45) is 0 Å². The molecule has 2 heterocycles. The minimum atomic E-state index is -4.65. The summed E-state index contributed by atoms with van der Waals surface area (Å²) in [7, 11) is -3.94. The Bertz CT molecular complexity index is 1230. The molecular weight excluding hydrogens is 460 g/mol. The lowest BCUT2D eigenvalue weighted by Gasteiger charge is -2.33. The summed E-state index contributed by atoms with van der Waals surface area (Å²) >= 11 is 0. The fraction of sp³-hybridized carbons (Fsp3) is 0.300. The molecule has 0 spiro atoms. The lowest BCUT2D eigenvalue weighted by molar-refractivity contribution is -0.141. The van der Waals surface area contributed by atoms with E-state index in [4.69, 9.17) is 0 Å². The van der Waals surface area contributed by atoms with E-state index in [9.17, 15) is 34.8 Å². The lowest BCUT2D eigenvalue weighted by atomic mass is 9.82. The molecule has 5 nitrogen and oxygen atoms in total. The first-order valence-corrected chi connectivity index (χ1v) is 10.9. The minimum absolute atomic E-state index is 0.175. The van der Waals surface area contributed by atoms with Gasteiger partial charge >= 0.3 is 12.4 Å². The normalized spacial score (nSPS) is 19.6.